The van der Waals surface area contributed by atoms with E-state index in [1.807, 2.05) is 24.3 Å². The summed E-state index contributed by atoms with van der Waals surface area (Å²) in [6.07, 6.45) is 1.40. The lowest BCUT2D eigenvalue weighted by molar-refractivity contribution is -0.141. The number of carboxylic acids is 1. The molecule has 0 aliphatic heterocycles. The smallest absolute Gasteiger partial charge is 0.407 e. The van der Waals surface area contributed by atoms with Gasteiger partial charge in [0.2, 0.25) is 5.91 Å². The van der Waals surface area contributed by atoms with Crippen LogP contribution in [0.2, 0.25) is 0 Å². The van der Waals surface area contributed by atoms with Crippen LogP contribution in [0.5, 0.6) is 0 Å². The lowest BCUT2D eigenvalue weighted by Crippen LogP contribution is -2.37. The number of benzene rings is 2. The van der Waals surface area contributed by atoms with Crippen molar-refractivity contribution in [3.63, 3.8) is 0 Å². The zero-order valence-electron chi connectivity index (χ0n) is 18.0. The molecular formula is C25H28N2O5. The van der Waals surface area contributed by atoms with Crippen LogP contribution < -0.4 is 10.6 Å². The molecule has 1 unspecified atom stereocenters. The topological polar surface area (TPSA) is 105 Å². The molecule has 0 radical (unpaired) electrons. The summed E-state index contributed by atoms with van der Waals surface area (Å²) in [5.74, 6) is -1.95. The SMILES string of the molecule is CC(CNC(=O)[C@@H]1CC[C@H](NC(=O)OCC2c3ccccc3-c3ccccc32)C1)C(=O)O. The number of ether oxygens (including phenoxy) is 1. The molecule has 1 fully saturated rings. The Bertz CT molecular complexity index is 975. The maximum Gasteiger partial charge on any atom is 0.407 e. The molecule has 0 bridgehead atoms. The van der Waals surface area contributed by atoms with Crippen LogP contribution in [0.25, 0.3) is 11.1 Å². The van der Waals surface area contributed by atoms with E-state index in [-0.39, 0.29) is 36.9 Å². The standard InChI is InChI=1S/C25H28N2O5/c1-15(24(29)30)13-26-23(28)16-10-11-17(12-16)27-25(31)32-14-22-20-8-4-2-6-18(20)19-7-3-5-9-21(19)22/h2-9,15-17,22H,10-14H2,1H3,(H,26,28)(H,27,31)(H,29,30)/t15?,16-,17+/m1/s1. The second-order valence-corrected chi connectivity index (χ2v) is 8.66. The number of nitrogens with one attached hydrogen (secondary N) is 2. The third-order valence-corrected chi connectivity index (χ3v) is 6.47. The number of carboxylic acid groups (broad SMARTS) is 1. The molecule has 168 valence electrons. The first kappa shape index (κ1) is 21.9. The minimum atomic E-state index is -0.938. The third-order valence-electron chi connectivity index (χ3n) is 6.47. The maximum absolute atomic E-state index is 12.4. The predicted molar refractivity (Wildman–Crippen MR) is 119 cm³/mol. The van der Waals surface area contributed by atoms with Crippen molar-refractivity contribution in [2.24, 2.45) is 11.8 Å². The van der Waals surface area contributed by atoms with Crippen molar-refractivity contribution in [3.05, 3.63) is 59.7 Å². The van der Waals surface area contributed by atoms with Gasteiger partial charge in [0, 0.05) is 24.4 Å². The molecule has 3 N–H and O–H groups in total. The Morgan fingerprint density at radius 1 is 1.03 bits per heavy atom. The molecule has 7 nitrogen and oxygen atoms in total. The number of aliphatic carboxylic acids is 1. The van der Waals surface area contributed by atoms with E-state index >= 15 is 0 Å². The van der Waals surface area contributed by atoms with Gasteiger partial charge in [0.15, 0.2) is 0 Å². The summed E-state index contributed by atoms with van der Waals surface area (Å²) >= 11 is 0. The molecule has 2 aliphatic carbocycles. The number of alkyl carbamates (subject to hydrolysis) is 1. The highest BCUT2D eigenvalue weighted by Gasteiger charge is 2.32. The fraction of sp³-hybridized carbons (Fsp3) is 0.400. The number of carbonyl (C=O) groups is 3. The molecule has 2 amide bonds. The molecule has 1 saturated carbocycles. The van der Waals surface area contributed by atoms with Gasteiger partial charge < -0.3 is 20.5 Å². The molecule has 2 aliphatic rings. The zero-order valence-corrected chi connectivity index (χ0v) is 18.0. The Morgan fingerprint density at radius 3 is 2.28 bits per heavy atom. The van der Waals surface area contributed by atoms with Gasteiger partial charge in [0.05, 0.1) is 5.92 Å². The van der Waals surface area contributed by atoms with E-state index < -0.39 is 18.0 Å². The highest BCUT2D eigenvalue weighted by Crippen LogP contribution is 2.44. The summed E-state index contributed by atoms with van der Waals surface area (Å²) in [5.41, 5.74) is 4.68. The maximum atomic E-state index is 12.4. The van der Waals surface area contributed by atoms with Gasteiger partial charge in [0.1, 0.15) is 6.61 Å². The number of carbonyl (C=O) groups excluding carboxylic acids is 2. The third kappa shape index (κ3) is 4.61. The lowest BCUT2D eigenvalue weighted by Gasteiger charge is -2.17. The van der Waals surface area contributed by atoms with Crippen molar-refractivity contribution in [1.29, 1.82) is 0 Å². The van der Waals surface area contributed by atoms with E-state index in [9.17, 15) is 14.4 Å². The van der Waals surface area contributed by atoms with Crippen molar-refractivity contribution >= 4 is 18.0 Å². The first-order valence-corrected chi connectivity index (χ1v) is 11.1. The number of amides is 2. The largest absolute Gasteiger partial charge is 0.481 e. The van der Waals surface area contributed by atoms with Gasteiger partial charge in [-0.25, -0.2) is 4.79 Å². The van der Waals surface area contributed by atoms with Crippen LogP contribution in [0.3, 0.4) is 0 Å². The first-order valence-electron chi connectivity index (χ1n) is 11.1. The first-order chi connectivity index (χ1) is 15.4. The number of rotatable bonds is 7. The van der Waals surface area contributed by atoms with Crippen LogP contribution in [0.4, 0.5) is 4.79 Å². The van der Waals surface area contributed by atoms with Crippen molar-refractivity contribution in [1.82, 2.24) is 10.6 Å². The molecule has 3 atom stereocenters. The van der Waals surface area contributed by atoms with Crippen LogP contribution in [0.15, 0.2) is 48.5 Å². The monoisotopic (exact) mass is 436 g/mol. The molecule has 0 saturated heterocycles. The molecule has 7 heteroatoms. The quantitative estimate of drug-likeness (QED) is 0.616. The van der Waals surface area contributed by atoms with Gasteiger partial charge >= 0.3 is 12.1 Å². The summed E-state index contributed by atoms with van der Waals surface area (Å²) < 4.78 is 5.59. The van der Waals surface area contributed by atoms with Gasteiger partial charge in [0.25, 0.3) is 0 Å². The Balaban J connectivity index is 1.27. The Hall–Kier alpha value is -3.35. The molecule has 2 aromatic carbocycles. The summed E-state index contributed by atoms with van der Waals surface area (Å²) in [4.78, 5) is 35.6. The van der Waals surface area contributed by atoms with E-state index in [2.05, 4.69) is 34.9 Å². The number of hydrogen-bond acceptors (Lipinski definition) is 4. The molecule has 2 aromatic rings. The van der Waals surface area contributed by atoms with Gasteiger partial charge in [-0.15, -0.1) is 0 Å². The molecular weight excluding hydrogens is 408 g/mol. The van der Waals surface area contributed by atoms with E-state index in [1.54, 1.807) is 6.92 Å². The average Bonchev–Trinajstić information content (AvgIpc) is 3.38. The Labute approximate surface area is 187 Å². The minimum Gasteiger partial charge on any atom is -0.481 e. The summed E-state index contributed by atoms with van der Waals surface area (Å²) in [6, 6.07) is 16.2. The highest BCUT2D eigenvalue weighted by atomic mass is 16.5. The number of fused-ring (bicyclic) bond motifs is 3. The molecule has 0 aromatic heterocycles. The van der Waals surface area contributed by atoms with Gasteiger partial charge in [-0.3, -0.25) is 9.59 Å². The van der Waals surface area contributed by atoms with Crippen molar-refractivity contribution < 1.29 is 24.2 Å². The molecule has 4 rings (SSSR count). The van der Waals surface area contributed by atoms with E-state index in [4.69, 9.17) is 9.84 Å². The van der Waals surface area contributed by atoms with Gasteiger partial charge in [-0.2, -0.15) is 0 Å². The van der Waals surface area contributed by atoms with Crippen LogP contribution in [0, 0.1) is 11.8 Å². The second-order valence-electron chi connectivity index (χ2n) is 8.66. The summed E-state index contributed by atoms with van der Waals surface area (Å²) in [5, 5.41) is 14.5. The Kier molecular flexibility index (Phi) is 6.44. The van der Waals surface area contributed by atoms with E-state index in [0.717, 1.165) is 11.1 Å². The molecule has 32 heavy (non-hydrogen) atoms. The zero-order chi connectivity index (χ0) is 22.7. The Morgan fingerprint density at radius 2 is 1.66 bits per heavy atom. The summed E-state index contributed by atoms with van der Waals surface area (Å²) in [7, 11) is 0. The van der Waals surface area contributed by atoms with Crippen molar-refractivity contribution in [3.8, 4) is 11.1 Å². The van der Waals surface area contributed by atoms with Crippen LogP contribution >= 0.6 is 0 Å². The molecule has 0 heterocycles. The fourth-order valence-corrected chi connectivity index (χ4v) is 4.64. The van der Waals surface area contributed by atoms with Crippen LogP contribution in [-0.2, 0) is 14.3 Å². The van der Waals surface area contributed by atoms with Gasteiger partial charge in [-0.1, -0.05) is 55.5 Å². The average molecular weight is 437 g/mol. The second kappa shape index (κ2) is 9.42. The fourth-order valence-electron chi connectivity index (χ4n) is 4.64. The van der Waals surface area contributed by atoms with Crippen LogP contribution in [0.1, 0.15) is 43.2 Å². The molecule has 0 spiro atoms. The van der Waals surface area contributed by atoms with Crippen molar-refractivity contribution in [2.75, 3.05) is 13.2 Å². The van der Waals surface area contributed by atoms with Crippen molar-refractivity contribution in [2.45, 2.75) is 38.1 Å². The minimum absolute atomic E-state index is 0.00600. The lowest BCUT2D eigenvalue weighted by atomic mass is 9.98. The van der Waals surface area contributed by atoms with E-state index in [0.29, 0.717) is 19.3 Å². The highest BCUT2D eigenvalue weighted by molar-refractivity contribution is 5.80. The predicted octanol–water partition coefficient (Wildman–Crippen LogP) is 3.53. The summed E-state index contributed by atoms with van der Waals surface area (Å²) in [6.45, 7) is 1.91. The van der Waals surface area contributed by atoms with Crippen LogP contribution in [-0.4, -0.2) is 42.3 Å². The number of hydrogen-bond donors (Lipinski definition) is 3. The van der Waals surface area contributed by atoms with E-state index in [1.165, 1.54) is 11.1 Å². The normalized spacial score (nSPS) is 20.2. The van der Waals surface area contributed by atoms with Gasteiger partial charge in [-0.05, 0) is 41.5 Å².